The van der Waals surface area contributed by atoms with E-state index in [1.807, 2.05) is 41.2 Å². The van der Waals surface area contributed by atoms with Crippen LogP contribution < -0.4 is 5.32 Å². The average molecular weight is 415 g/mol. The van der Waals surface area contributed by atoms with Crippen LogP contribution in [-0.4, -0.2) is 20.6 Å². The number of nitro groups is 1. The van der Waals surface area contributed by atoms with Gasteiger partial charge in [-0.3, -0.25) is 19.6 Å². The van der Waals surface area contributed by atoms with Gasteiger partial charge < -0.3 is 5.32 Å². The third-order valence-electron chi connectivity index (χ3n) is 3.78. The predicted octanol–water partition coefficient (Wildman–Crippen LogP) is 3.53. The summed E-state index contributed by atoms with van der Waals surface area (Å²) in [6, 6.07) is 14.0. The fraction of sp³-hybridized carbons (Fsp3) is 0.111. The van der Waals surface area contributed by atoms with Crippen LogP contribution in [0.2, 0.25) is 0 Å². The summed E-state index contributed by atoms with van der Waals surface area (Å²) in [7, 11) is 0. The van der Waals surface area contributed by atoms with Crippen molar-refractivity contribution < 1.29 is 9.72 Å². The van der Waals surface area contributed by atoms with Gasteiger partial charge >= 0.3 is 0 Å². The van der Waals surface area contributed by atoms with Crippen molar-refractivity contribution in [1.29, 1.82) is 0 Å². The van der Waals surface area contributed by atoms with E-state index in [0.29, 0.717) is 17.6 Å². The Kier molecular flexibility index (Phi) is 5.43. The Hall–Kier alpha value is -3.00. The van der Waals surface area contributed by atoms with E-state index >= 15 is 0 Å². The number of aromatic nitrogens is 2. The molecular weight excluding hydrogens is 400 g/mol. The van der Waals surface area contributed by atoms with Crippen molar-refractivity contribution in [2.45, 2.75) is 13.1 Å². The van der Waals surface area contributed by atoms with Gasteiger partial charge in [0.25, 0.3) is 11.6 Å². The molecule has 1 aromatic heterocycles. The Morgan fingerprint density at radius 3 is 2.58 bits per heavy atom. The fourth-order valence-electron chi connectivity index (χ4n) is 2.42. The first-order valence-corrected chi connectivity index (χ1v) is 8.59. The second-order valence-corrected chi connectivity index (χ2v) is 6.48. The molecule has 0 bridgehead atoms. The van der Waals surface area contributed by atoms with Crippen LogP contribution in [0.25, 0.3) is 0 Å². The lowest BCUT2D eigenvalue weighted by Crippen LogP contribution is -2.22. The zero-order valence-corrected chi connectivity index (χ0v) is 15.2. The molecule has 0 spiro atoms. The van der Waals surface area contributed by atoms with Crippen molar-refractivity contribution in [3.05, 3.63) is 92.2 Å². The monoisotopic (exact) mass is 414 g/mol. The van der Waals surface area contributed by atoms with E-state index in [1.165, 1.54) is 12.1 Å². The molecule has 132 valence electrons. The van der Waals surface area contributed by atoms with E-state index in [-0.39, 0.29) is 17.2 Å². The number of amides is 1. The Bertz CT molecular complexity index is 924. The van der Waals surface area contributed by atoms with Gasteiger partial charge in [0.1, 0.15) is 0 Å². The van der Waals surface area contributed by atoms with Crippen LogP contribution in [0.5, 0.6) is 0 Å². The lowest BCUT2D eigenvalue weighted by Gasteiger charge is -2.07. The molecule has 1 N–H and O–H groups in total. The fourth-order valence-corrected chi connectivity index (χ4v) is 2.81. The summed E-state index contributed by atoms with van der Waals surface area (Å²) >= 11 is 3.10. The largest absolute Gasteiger partial charge is 0.348 e. The molecule has 26 heavy (non-hydrogen) atoms. The van der Waals surface area contributed by atoms with E-state index in [2.05, 4.69) is 26.3 Å². The van der Waals surface area contributed by atoms with Gasteiger partial charge in [0.15, 0.2) is 0 Å². The molecule has 0 aliphatic rings. The molecule has 7 nitrogen and oxygen atoms in total. The number of hydrogen-bond acceptors (Lipinski definition) is 4. The molecule has 1 heterocycles. The number of nitrogens with zero attached hydrogens (tertiary/aromatic N) is 3. The van der Waals surface area contributed by atoms with Crippen LogP contribution in [-0.2, 0) is 13.1 Å². The molecule has 2 aromatic carbocycles. The molecule has 0 aliphatic heterocycles. The van der Waals surface area contributed by atoms with Gasteiger partial charge in [0, 0.05) is 30.6 Å². The highest BCUT2D eigenvalue weighted by Gasteiger charge is 2.15. The molecule has 0 atom stereocenters. The third kappa shape index (κ3) is 4.34. The molecular formula is C18H15BrN4O3. The van der Waals surface area contributed by atoms with Gasteiger partial charge in [-0.15, -0.1) is 0 Å². The minimum atomic E-state index is -0.529. The maximum absolute atomic E-state index is 12.2. The predicted molar refractivity (Wildman–Crippen MR) is 99.7 cm³/mol. The molecule has 0 unspecified atom stereocenters. The van der Waals surface area contributed by atoms with E-state index < -0.39 is 4.92 Å². The van der Waals surface area contributed by atoms with Crippen molar-refractivity contribution in [3.63, 3.8) is 0 Å². The number of carbonyl (C=O) groups excluding carboxylic acids is 1. The van der Waals surface area contributed by atoms with E-state index in [9.17, 15) is 14.9 Å². The summed E-state index contributed by atoms with van der Waals surface area (Å²) in [4.78, 5) is 22.7. The summed E-state index contributed by atoms with van der Waals surface area (Å²) in [5, 5.41) is 17.9. The van der Waals surface area contributed by atoms with Gasteiger partial charge in [-0.05, 0) is 45.3 Å². The number of halogens is 1. The Morgan fingerprint density at radius 2 is 1.92 bits per heavy atom. The molecule has 0 saturated carbocycles. The van der Waals surface area contributed by atoms with E-state index in [1.54, 1.807) is 12.3 Å². The minimum absolute atomic E-state index is 0.138. The molecule has 0 saturated heterocycles. The van der Waals surface area contributed by atoms with E-state index in [4.69, 9.17) is 0 Å². The molecule has 0 radical (unpaired) electrons. The van der Waals surface area contributed by atoms with Crippen molar-refractivity contribution in [1.82, 2.24) is 15.1 Å². The zero-order chi connectivity index (χ0) is 18.5. The molecule has 3 rings (SSSR count). The van der Waals surface area contributed by atoms with Crippen molar-refractivity contribution >= 4 is 27.5 Å². The van der Waals surface area contributed by atoms with Gasteiger partial charge in [-0.25, -0.2) is 0 Å². The Labute approximate surface area is 157 Å². The normalized spacial score (nSPS) is 10.5. The van der Waals surface area contributed by atoms with Crippen LogP contribution in [0.1, 0.15) is 21.5 Å². The zero-order valence-electron chi connectivity index (χ0n) is 13.6. The minimum Gasteiger partial charge on any atom is -0.348 e. The molecule has 8 heteroatoms. The van der Waals surface area contributed by atoms with Gasteiger partial charge in [-0.1, -0.05) is 24.3 Å². The van der Waals surface area contributed by atoms with Crippen LogP contribution in [0.3, 0.4) is 0 Å². The summed E-state index contributed by atoms with van der Waals surface area (Å²) < 4.78 is 2.17. The van der Waals surface area contributed by atoms with Crippen LogP contribution >= 0.6 is 15.9 Å². The van der Waals surface area contributed by atoms with Crippen molar-refractivity contribution in [3.8, 4) is 0 Å². The topological polar surface area (TPSA) is 90.1 Å². The smallest absolute Gasteiger partial charge is 0.284 e. The molecule has 1 amide bonds. The van der Waals surface area contributed by atoms with Crippen LogP contribution in [0.4, 0.5) is 5.69 Å². The quantitative estimate of drug-likeness (QED) is 0.493. The SMILES string of the molecule is O=C(NCc1ccc(Cn2cccn2)cc1)c1ccc(Br)c([N+](=O)[O-])c1. The number of benzene rings is 2. The second kappa shape index (κ2) is 7.92. The summed E-state index contributed by atoms with van der Waals surface area (Å²) in [5.41, 5.74) is 2.15. The van der Waals surface area contributed by atoms with Gasteiger partial charge in [-0.2, -0.15) is 5.10 Å². The molecule has 3 aromatic rings. The Morgan fingerprint density at radius 1 is 1.19 bits per heavy atom. The summed E-state index contributed by atoms with van der Waals surface area (Å²) in [6.07, 6.45) is 3.63. The summed E-state index contributed by atoms with van der Waals surface area (Å²) in [5.74, 6) is -0.360. The van der Waals surface area contributed by atoms with Crippen LogP contribution in [0, 0.1) is 10.1 Å². The Balaban J connectivity index is 1.61. The summed E-state index contributed by atoms with van der Waals surface area (Å²) in [6.45, 7) is 1.02. The van der Waals surface area contributed by atoms with Gasteiger partial charge in [0.2, 0.25) is 0 Å². The first-order chi connectivity index (χ1) is 12.5. The lowest BCUT2D eigenvalue weighted by atomic mass is 10.1. The number of hydrogen-bond donors (Lipinski definition) is 1. The second-order valence-electron chi connectivity index (χ2n) is 5.63. The first kappa shape index (κ1) is 17.8. The maximum atomic E-state index is 12.2. The van der Waals surface area contributed by atoms with Crippen molar-refractivity contribution in [2.75, 3.05) is 0 Å². The van der Waals surface area contributed by atoms with Crippen molar-refractivity contribution in [2.24, 2.45) is 0 Å². The highest BCUT2D eigenvalue weighted by atomic mass is 79.9. The molecule has 0 fully saturated rings. The third-order valence-corrected chi connectivity index (χ3v) is 4.46. The van der Waals surface area contributed by atoms with Gasteiger partial charge in [0.05, 0.1) is 15.9 Å². The highest BCUT2D eigenvalue weighted by molar-refractivity contribution is 9.10. The average Bonchev–Trinajstić information content (AvgIpc) is 3.14. The highest BCUT2D eigenvalue weighted by Crippen LogP contribution is 2.25. The number of carbonyl (C=O) groups is 1. The maximum Gasteiger partial charge on any atom is 0.284 e. The van der Waals surface area contributed by atoms with Crippen LogP contribution in [0.15, 0.2) is 65.4 Å². The molecule has 0 aliphatic carbocycles. The first-order valence-electron chi connectivity index (χ1n) is 7.80. The number of nitrogens with one attached hydrogen (secondary N) is 1. The lowest BCUT2D eigenvalue weighted by molar-refractivity contribution is -0.385. The standard InChI is InChI=1S/C18H15BrN4O3/c19-16-7-6-15(10-17(16)23(25)26)18(24)20-11-13-2-4-14(5-3-13)12-22-9-1-8-21-22/h1-10H,11-12H2,(H,20,24). The van der Waals surface area contributed by atoms with E-state index in [0.717, 1.165) is 11.1 Å². The number of rotatable bonds is 6. The number of nitro benzene ring substituents is 1.